The van der Waals surface area contributed by atoms with Crippen LogP contribution in [0.3, 0.4) is 0 Å². The van der Waals surface area contributed by atoms with Gasteiger partial charge in [0.25, 0.3) is 5.89 Å². The Labute approximate surface area is 125 Å². The fourth-order valence-corrected chi connectivity index (χ4v) is 1.96. The topological polar surface area (TPSA) is 48.2 Å². The summed E-state index contributed by atoms with van der Waals surface area (Å²) in [5.74, 6) is 0.669. The van der Waals surface area contributed by atoms with Crippen molar-refractivity contribution in [3.63, 3.8) is 0 Å². The van der Waals surface area contributed by atoms with Gasteiger partial charge in [-0.2, -0.15) is 0 Å². The van der Waals surface area contributed by atoms with Crippen molar-refractivity contribution < 1.29 is 13.5 Å². The molecule has 0 saturated carbocycles. The van der Waals surface area contributed by atoms with Crippen molar-refractivity contribution in [1.29, 1.82) is 0 Å². The molecule has 6 heteroatoms. The lowest BCUT2D eigenvalue weighted by Crippen LogP contribution is -1.96. The van der Waals surface area contributed by atoms with E-state index in [-0.39, 0.29) is 11.6 Å². The summed E-state index contributed by atoms with van der Waals surface area (Å²) in [5.41, 5.74) is 0.830. The van der Waals surface area contributed by atoms with E-state index >= 15 is 0 Å². The molecule has 3 rings (SSSR count). The van der Waals surface area contributed by atoms with Crippen molar-refractivity contribution >= 4 is 11.6 Å². The zero-order valence-electron chi connectivity index (χ0n) is 10.8. The normalized spacial score (nSPS) is 10.6. The minimum Gasteiger partial charge on any atom is -0.482 e. The van der Waals surface area contributed by atoms with Crippen LogP contribution in [-0.2, 0) is 6.61 Å². The van der Waals surface area contributed by atoms with E-state index in [4.69, 9.17) is 20.8 Å². The van der Waals surface area contributed by atoms with Crippen LogP contribution in [0.25, 0.3) is 11.5 Å². The minimum atomic E-state index is -0.420. The lowest BCUT2D eigenvalue weighted by atomic mass is 10.2. The van der Waals surface area contributed by atoms with Gasteiger partial charge in [0.1, 0.15) is 11.6 Å². The van der Waals surface area contributed by atoms with E-state index in [2.05, 4.69) is 10.2 Å². The van der Waals surface area contributed by atoms with Crippen LogP contribution in [0.2, 0.25) is 5.02 Å². The number of halogens is 2. The van der Waals surface area contributed by atoms with Crippen LogP contribution in [0.4, 0.5) is 4.39 Å². The molecule has 2 aromatic carbocycles. The summed E-state index contributed by atoms with van der Waals surface area (Å²) in [4.78, 5) is 0. The monoisotopic (exact) mass is 304 g/mol. The maximum absolute atomic E-state index is 12.9. The highest BCUT2D eigenvalue weighted by Gasteiger charge is 2.10. The van der Waals surface area contributed by atoms with Crippen LogP contribution in [0, 0.1) is 5.82 Å². The Kier molecular flexibility index (Phi) is 3.83. The van der Waals surface area contributed by atoms with Crippen molar-refractivity contribution in [2.24, 2.45) is 0 Å². The quantitative estimate of drug-likeness (QED) is 0.728. The predicted molar refractivity (Wildman–Crippen MR) is 75.5 cm³/mol. The maximum Gasteiger partial charge on any atom is 0.254 e. The molecule has 0 bridgehead atoms. The molecule has 0 aliphatic carbocycles. The van der Waals surface area contributed by atoms with Crippen LogP contribution in [0.5, 0.6) is 5.75 Å². The van der Waals surface area contributed by atoms with E-state index in [1.807, 2.05) is 30.3 Å². The number of nitrogens with zero attached hydrogens (tertiary/aromatic N) is 2. The van der Waals surface area contributed by atoms with Crippen LogP contribution < -0.4 is 4.74 Å². The Hall–Kier alpha value is -2.40. The molecule has 4 nitrogen and oxygen atoms in total. The van der Waals surface area contributed by atoms with Gasteiger partial charge >= 0.3 is 0 Å². The van der Waals surface area contributed by atoms with Gasteiger partial charge in [0.2, 0.25) is 5.89 Å². The molecule has 3 aromatic rings. The molecule has 1 heterocycles. The predicted octanol–water partition coefficient (Wildman–Crippen LogP) is 4.11. The van der Waals surface area contributed by atoms with Gasteiger partial charge in [-0.25, -0.2) is 4.39 Å². The van der Waals surface area contributed by atoms with Gasteiger partial charge in [0.05, 0.1) is 5.02 Å². The van der Waals surface area contributed by atoms with Crippen molar-refractivity contribution in [2.75, 3.05) is 0 Å². The summed E-state index contributed by atoms with van der Waals surface area (Å²) < 4.78 is 23.8. The summed E-state index contributed by atoms with van der Waals surface area (Å²) in [6.07, 6.45) is 0. The highest BCUT2D eigenvalue weighted by molar-refractivity contribution is 6.32. The molecule has 0 unspecified atom stereocenters. The van der Waals surface area contributed by atoms with Crippen LogP contribution >= 0.6 is 11.6 Å². The highest BCUT2D eigenvalue weighted by atomic mass is 35.5. The third-order valence-electron chi connectivity index (χ3n) is 2.73. The van der Waals surface area contributed by atoms with Crippen molar-refractivity contribution in [2.45, 2.75) is 6.61 Å². The standard InChI is InChI=1S/C15H10ClFN2O2/c16-12-8-11(17)6-7-13(12)20-9-14-18-19-15(21-14)10-4-2-1-3-5-10/h1-8H,9H2. The van der Waals surface area contributed by atoms with E-state index < -0.39 is 5.82 Å². The van der Waals surface area contributed by atoms with Gasteiger partial charge in [0, 0.05) is 5.56 Å². The van der Waals surface area contributed by atoms with Crippen LogP contribution in [-0.4, -0.2) is 10.2 Å². The number of benzene rings is 2. The summed E-state index contributed by atoms with van der Waals surface area (Å²) in [6, 6.07) is 13.3. The van der Waals surface area contributed by atoms with Gasteiger partial charge in [-0.15, -0.1) is 10.2 Å². The highest BCUT2D eigenvalue weighted by Crippen LogP contribution is 2.26. The molecular formula is C15H10ClFN2O2. The SMILES string of the molecule is Fc1ccc(OCc2nnc(-c3ccccc3)o2)c(Cl)c1. The molecule has 1 aromatic heterocycles. The smallest absolute Gasteiger partial charge is 0.254 e. The molecule has 0 aliphatic rings. The molecule has 0 spiro atoms. The largest absolute Gasteiger partial charge is 0.482 e. The summed E-state index contributed by atoms with van der Waals surface area (Å²) in [6.45, 7) is 0.0607. The molecule has 0 radical (unpaired) electrons. The number of rotatable bonds is 4. The van der Waals surface area contributed by atoms with E-state index in [0.29, 0.717) is 17.5 Å². The molecule has 0 N–H and O–H groups in total. The van der Waals surface area contributed by atoms with Gasteiger partial charge < -0.3 is 9.15 Å². The molecule has 21 heavy (non-hydrogen) atoms. The Morgan fingerprint density at radius 2 is 1.90 bits per heavy atom. The summed E-state index contributed by atoms with van der Waals surface area (Å²) in [5, 5.41) is 8.03. The summed E-state index contributed by atoms with van der Waals surface area (Å²) in [7, 11) is 0. The first kappa shape index (κ1) is 13.6. The zero-order valence-corrected chi connectivity index (χ0v) is 11.5. The Bertz CT molecular complexity index is 746. The molecule has 0 atom stereocenters. The lowest BCUT2D eigenvalue weighted by Gasteiger charge is -2.05. The Balaban J connectivity index is 1.70. The van der Waals surface area contributed by atoms with Crippen molar-refractivity contribution in [3.05, 3.63) is 65.3 Å². The van der Waals surface area contributed by atoms with Gasteiger partial charge in [-0.3, -0.25) is 0 Å². The number of ether oxygens (including phenoxy) is 1. The third kappa shape index (κ3) is 3.20. The average molecular weight is 305 g/mol. The molecule has 0 amide bonds. The van der Waals surface area contributed by atoms with E-state index in [0.717, 1.165) is 5.56 Å². The molecule has 0 fully saturated rings. The second kappa shape index (κ2) is 5.93. The third-order valence-corrected chi connectivity index (χ3v) is 3.03. The number of hydrogen-bond donors (Lipinski definition) is 0. The first-order valence-corrected chi connectivity index (χ1v) is 6.56. The van der Waals surface area contributed by atoms with Gasteiger partial charge in [-0.1, -0.05) is 29.8 Å². The maximum atomic E-state index is 12.9. The van der Waals surface area contributed by atoms with Crippen LogP contribution in [0.1, 0.15) is 5.89 Å². The summed E-state index contributed by atoms with van der Waals surface area (Å²) >= 11 is 5.87. The second-order valence-corrected chi connectivity index (χ2v) is 4.64. The molecular weight excluding hydrogens is 295 g/mol. The molecule has 0 saturated heterocycles. The first-order chi connectivity index (χ1) is 10.2. The number of hydrogen-bond acceptors (Lipinski definition) is 4. The molecule has 0 aliphatic heterocycles. The average Bonchev–Trinajstić information content (AvgIpc) is 2.96. The van der Waals surface area contributed by atoms with E-state index in [1.54, 1.807) is 0 Å². The van der Waals surface area contributed by atoms with Crippen molar-refractivity contribution in [1.82, 2.24) is 10.2 Å². The first-order valence-electron chi connectivity index (χ1n) is 6.18. The Morgan fingerprint density at radius 3 is 2.67 bits per heavy atom. The van der Waals surface area contributed by atoms with Crippen molar-refractivity contribution in [3.8, 4) is 17.2 Å². The number of aromatic nitrogens is 2. The fraction of sp³-hybridized carbons (Fsp3) is 0.0667. The van der Waals surface area contributed by atoms with Gasteiger partial charge in [0.15, 0.2) is 6.61 Å². The lowest BCUT2D eigenvalue weighted by molar-refractivity contribution is 0.264. The molecule has 106 valence electrons. The van der Waals surface area contributed by atoms with E-state index in [9.17, 15) is 4.39 Å². The Morgan fingerprint density at radius 1 is 1.10 bits per heavy atom. The fourth-order valence-electron chi connectivity index (χ4n) is 1.74. The van der Waals surface area contributed by atoms with Crippen LogP contribution in [0.15, 0.2) is 52.9 Å². The second-order valence-electron chi connectivity index (χ2n) is 4.23. The zero-order chi connectivity index (χ0) is 14.7. The van der Waals surface area contributed by atoms with E-state index in [1.165, 1.54) is 18.2 Å². The minimum absolute atomic E-state index is 0.0607. The van der Waals surface area contributed by atoms with Gasteiger partial charge in [-0.05, 0) is 30.3 Å².